The third-order valence-corrected chi connectivity index (χ3v) is 14.6. The van der Waals surface area contributed by atoms with Crippen molar-refractivity contribution in [3.8, 4) is 11.6 Å². The molecule has 3 aliphatic carbocycles. The molecule has 0 spiro atoms. The number of allylic oxidation sites excluding steroid dienone is 2. The number of hydrogen-bond donors (Lipinski definition) is 1. The molecule has 12 nitrogen and oxygen atoms in total. The molecule has 1 aromatic heterocycles. The van der Waals surface area contributed by atoms with E-state index in [9.17, 15) is 40.8 Å². The van der Waals surface area contributed by atoms with E-state index in [1.807, 2.05) is 19.1 Å². The molecule has 3 saturated carbocycles. The second-order valence-corrected chi connectivity index (χ2v) is 20.2. The maximum atomic E-state index is 14.9. The van der Waals surface area contributed by atoms with E-state index >= 15 is 0 Å². The van der Waals surface area contributed by atoms with E-state index in [0.717, 1.165) is 26.7 Å². The average Bonchev–Trinajstić information content (AvgIpc) is 4.05. The van der Waals surface area contributed by atoms with Gasteiger partial charge in [0.25, 0.3) is 0 Å². The van der Waals surface area contributed by atoms with Crippen LogP contribution in [0.5, 0.6) is 11.6 Å². The van der Waals surface area contributed by atoms with Crippen LogP contribution >= 0.6 is 11.6 Å². The third-order valence-electron chi connectivity index (χ3n) is 12.5. The molecule has 7 atom stereocenters. The van der Waals surface area contributed by atoms with E-state index in [2.05, 4.69) is 9.71 Å². The van der Waals surface area contributed by atoms with Gasteiger partial charge >= 0.3 is 12.1 Å². The predicted octanol–water partition coefficient (Wildman–Crippen LogP) is 7.25. The normalized spacial score (nSPS) is 30.1. The Morgan fingerprint density at radius 2 is 1.76 bits per heavy atom. The maximum absolute atomic E-state index is 14.9. The number of hydrogen-bond acceptors (Lipinski definition) is 10. The summed E-state index contributed by atoms with van der Waals surface area (Å²) in [6.45, 7) is 5.06. The van der Waals surface area contributed by atoms with E-state index in [1.165, 1.54) is 11.1 Å². The summed E-state index contributed by atoms with van der Waals surface area (Å²) in [4.78, 5) is 62.5. The number of amides is 2. The average molecular weight is 866 g/mol. The summed E-state index contributed by atoms with van der Waals surface area (Å²) >= 11 is 6.65. The minimum atomic E-state index is -4.87. The Labute approximate surface area is 347 Å². The van der Waals surface area contributed by atoms with Crippen LogP contribution in [-0.2, 0) is 33.9 Å². The maximum Gasteiger partial charge on any atom is 0.427 e. The molecule has 2 amide bonds. The lowest BCUT2D eigenvalue weighted by atomic mass is 9.82. The summed E-state index contributed by atoms with van der Waals surface area (Å²) in [7, 11) is -3.94. The number of carbonyl (C=O) groups excluding carboxylic acids is 4. The smallest absolute Gasteiger partial charge is 0.427 e. The minimum absolute atomic E-state index is 0.0128. The van der Waals surface area contributed by atoms with Crippen molar-refractivity contribution in [3.63, 3.8) is 0 Å². The van der Waals surface area contributed by atoms with Crippen LogP contribution in [0.1, 0.15) is 98.3 Å². The van der Waals surface area contributed by atoms with Crippen molar-refractivity contribution in [1.82, 2.24) is 14.6 Å². The number of ether oxygens (including phenoxy) is 3. The molecule has 59 heavy (non-hydrogen) atoms. The van der Waals surface area contributed by atoms with Crippen molar-refractivity contribution < 1.29 is 55.0 Å². The fourth-order valence-corrected chi connectivity index (χ4v) is 10.1. The number of pyridine rings is 1. The molecule has 4 fully saturated rings. The highest BCUT2D eigenvalue weighted by molar-refractivity contribution is 7.90. The Hall–Kier alpha value is -3.92. The van der Waals surface area contributed by atoms with Gasteiger partial charge in [0.15, 0.2) is 5.78 Å². The zero-order chi connectivity index (χ0) is 42.7. The fourth-order valence-electron chi connectivity index (χ4n) is 8.46. The van der Waals surface area contributed by atoms with Gasteiger partial charge in [-0.1, -0.05) is 43.7 Å². The number of esters is 1. The quantitative estimate of drug-likeness (QED) is 0.191. The molecule has 2 aliphatic heterocycles. The van der Waals surface area contributed by atoms with Gasteiger partial charge in [0, 0.05) is 23.6 Å². The van der Waals surface area contributed by atoms with Crippen molar-refractivity contribution in [2.24, 2.45) is 29.1 Å². The number of ketones is 1. The monoisotopic (exact) mass is 865 g/mol. The first-order chi connectivity index (χ1) is 27.7. The van der Waals surface area contributed by atoms with E-state index in [-0.39, 0.29) is 43.7 Å². The lowest BCUT2D eigenvalue weighted by Gasteiger charge is -2.33. The van der Waals surface area contributed by atoms with Gasteiger partial charge in [0.1, 0.15) is 11.9 Å². The Morgan fingerprint density at radius 3 is 2.44 bits per heavy atom. The lowest BCUT2D eigenvalue weighted by molar-refractivity contribution is -0.257. The zero-order valence-corrected chi connectivity index (χ0v) is 35.1. The van der Waals surface area contributed by atoms with Gasteiger partial charge in [-0.2, -0.15) is 13.2 Å². The number of halogens is 4. The van der Waals surface area contributed by atoms with E-state index in [0.29, 0.717) is 53.6 Å². The van der Waals surface area contributed by atoms with Crippen molar-refractivity contribution >= 4 is 56.0 Å². The minimum Gasteiger partial charge on any atom is -0.488 e. The van der Waals surface area contributed by atoms with Gasteiger partial charge in [-0.3, -0.25) is 23.9 Å². The molecule has 0 unspecified atom stereocenters. The second-order valence-electron chi connectivity index (χ2n) is 17.8. The summed E-state index contributed by atoms with van der Waals surface area (Å²) in [5.74, 6) is -4.58. The molecule has 0 bridgehead atoms. The summed E-state index contributed by atoms with van der Waals surface area (Å²) in [5.41, 5.74) is -4.19. The highest BCUT2D eigenvalue weighted by Gasteiger charge is 2.62. The van der Waals surface area contributed by atoms with Gasteiger partial charge in [0.05, 0.1) is 52.9 Å². The summed E-state index contributed by atoms with van der Waals surface area (Å²) in [5, 5.41) is 0.851. The van der Waals surface area contributed by atoms with Crippen molar-refractivity contribution in [2.45, 2.75) is 134 Å². The Morgan fingerprint density at radius 1 is 1.03 bits per heavy atom. The SMILES string of the molecule is C[C@@H]1CC/C=C\[C@@H]2C[C@@]2(C(=O)NS(=O)(=O)C2CC2)CC(=O)[C@@H]2C[C@@H](Oc3ncc(OC4CC4)c4c(Cl)cccc34)CN2C(=O)[C@@H](CC(=O)OC(C)(C)C(F)(F)F)[C@H](C)C1. The van der Waals surface area contributed by atoms with Gasteiger partial charge in [-0.15, -0.1) is 0 Å². The van der Waals surface area contributed by atoms with Crippen LogP contribution in [0.4, 0.5) is 13.2 Å². The summed E-state index contributed by atoms with van der Waals surface area (Å²) < 4.78 is 86.9. The number of fused-ring (bicyclic) bond motifs is 3. The first kappa shape index (κ1) is 43.2. The number of nitrogens with one attached hydrogen (secondary N) is 1. The Balaban J connectivity index is 1.23. The molecule has 2 aromatic rings. The largest absolute Gasteiger partial charge is 0.488 e. The van der Waals surface area contributed by atoms with Crippen LogP contribution in [0.15, 0.2) is 36.5 Å². The zero-order valence-electron chi connectivity index (χ0n) is 33.6. The van der Waals surface area contributed by atoms with Crippen LogP contribution in [0, 0.1) is 29.1 Å². The molecule has 1 N–H and O–H groups in total. The number of rotatable bonds is 10. The number of carbonyl (C=O) groups is 4. The molecular weight excluding hydrogens is 815 g/mol. The summed E-state index contributed by atoms with van der Waals surface area (Å²) in [6, 6.07) is 4.02. The highest BCUT2D eigenvalue weighted by Crippen LogP contribution is 2.57. The second kappa shape index (κ2) is 16.2. The molecule has 1 aromatic carbocycles. The Kier molecular flexibility index (Phi) is 11.8. The van der Waals surface area contributed by atoms with Gasteiger partial charge in [0.2, 0.25) is 33.3 Å². The number of Topliss-reactive ketones (excluding diaryl/α,β-unsaturated/α-hetero) is 1. The first-order valence-electron chi connectivity index (χ1n) is 20.4. The van der Waals surface area contributed by atoms with E-state index < -0.39 is 92.4 Å². The van der Waals surface area contributed by atoms with Gasteiger partial charge in [-0.05, 0) is 95.1 Å². The van der Waals surface area contributed by atoms with Crippen molar-refractivity contribution in [3.05, 3.63) is 41.6 Å². The van der Waals surface area contributed by atoms with Crippen LogP contribution in [0.3, 0.4) is 0 Å². The topological polar surface area (TPSA) is 158 Å². The highest BCUT2D eigenvalue weighted by atomic mass is 35.5. The van der Waals surface area contributed by atoms with Crippen LogP contribution < -0.4 is 14.2 Å². The van der Waals surface area contributed by atoms with Crippen molar-refractivity contribution in [1.29, 1.82) is 0 Å². The molecule has 0 radical (unpaired) electrons. The van der Waals surface area contributed by atoms with Gasteiger partial charge in [-0.25, -0.2) is 13.4 Å². The van der Waals surface area contributed by atoms with Crippen molar-refractivity contribution in [2.75, 3.05) is 6.54 Å². The molecule has 5 aliphatic rings. The lowest BCUT2D eigenvalue weighted by Crippen LogP contribution is -2.48. The summed E-state index contributed by atoms with van der Waals surface area (Å²) in [6.07, 6.45) is 3.11. The van der Waals surface area contributed by atoms with Crippen LogP contribution in [0.2, 0.25) is 5.02 Å². The van der Waals surface area contributed by atoms with E-state index in [4.69, 9.17) is 25.8 Å². The predicted molar refractivity (Wildman–Crippen MR) is 211 cm³/mol. The number of alkyl halides is 3. The molecule has 17 heteroatoms. The van der Waals surface area contributed by atoms with Gasteiger partial charge < -0.3 is 19.1 Å². The molecule has 1 saturated heterocycles. The molecule has 7 rings (SSSR count). The number of sulfonamides is 1. The number of aromatic nitrogens is 1. The molecule has 3 heterocycles. The number of benzene rings is 1. The Bertz CT molecular complexity index is 2140. The van der Waals surface area contributed by atoms with Crippen LogP contribution in [-0.4, -0.2) is 83.7 Å². The van der Waals surface area contributed by atoms with Crippen LogP contribution in [0.25, 0.3) is 10.8 Å². The number of nitrogens with zero attached hydrogens (tertiary/aromatic N) is 2. The third kappa shape index (κ3) is 9.38. The standard InChI is InChI=1S/C42H51ClF3N3O9S/c1-23-8-5-6-9-25-19-41(25,39(53)48-59(54,55)28-14-15-28)20-33(50)32-17-27(57-37-29-10-7-11-31(43)36(29)34(21-47-37)56-26-12-13-26)22-49(32)38(52)30(24(2)16-23)18-35(51)58-40(3,4)42(44,45)46/h6-7,9-11,21,23-28,30,32H,5,8,12-20,22H2,1-4H3,(H,48,53)/b9-6-/t23-,24-,25-,27-,30+,32+,41-/m1/s1. The first-order valence-corrected chi connectivity index (χ1v) is 22.4. The molecule has 322 valence electrons. The molecular formula is C42H51ClF3N3O9S. The fraction of sp³-hybridized carbons (Fsp3) is 0.643. The van der Waals surface area contributed by atoms with E-state index in [1.54, 1.807) is 25.1 Å².